The van der Waals surface area contributed by atoms with Gasteiger partial charge < -0.3 is 0 Å². The molecule has 0 N–H and O–H groups in total. The van der Waals surface area contributed by atoms with Crippen LogP contribution in [0.4, 0.5) is 4.39 Å². The average molecular weight is 273 g/mol. The van der Waals surface area contributed by atoms with Gasteiger partial charge in [-0.2, -0.15) is 0 Å². The SMILES string of the molecule is CC(C)(F)c1cc2c(Br)cccc2s1. The van der Waals surface area contributed by atoms with E-state index >= 15 is 0 Å². The smallest absolute Gasteiger partial charge is 0.139 e. The summed E-state index contributed by atoms with van der Waals surface area (Å²) in [6, 6.07) is 7.88. The number of rotatable bonds is 1. The van der Waals surface area contributed by atoms with Gasteiger partial charge in [-0.15, -0.1) is 11.3 Å². The lowest BCUT2D eigenvalue weighted by Gasteiger charge is -2.09. The normalized spacial score (nSPS) is 12.3. The molecule has 14 heavy (non-hydrogen) atoms. The largest absolute Gasteiger partial charge is 0.238 e. The Bertz CT molecular complexity index is 468. The van der Waals surface area contributed by atoms with Crippen LogP contribution < -0.4 is 0 Å². The Morgan fingerprint density at radius 2 is 2.07 bits per heavy atom. The molecule has 0 radical (unpaired) electrons. The zero-order chi connectivity index (χ0) is 10.3. The Balaban J connectivity index is 2.69. The van der Waals surface area contributed by atoms with E-state index in [0.29, 0.717) is 0 Å². The number of fused-ring (bicyclic) bond motifs is 1. The van der Waals surface area contributed by atoms with E-state index in [0.717, 1.165) is 19.4 Å². The lowest BCUT2D eigenvalue weighted by atomic mass is 10.1. The minimum atomic E-state index is -1.25. The van der Waals surface area contributed by atoms with Crippen molar-refractivity contribution in [2.24, 2.45) is 0 Å². The molecule has 0 bridgehead atoms. The van der Waals surface area contributed by atoms with Crippen molar-refractivity contribution in [2.75, 3.05) is 0 Å². The highest BCUT2D eigenvalue weighted by Gasteiger charge is 2.21. The van der Waals surface area contributed by atoms with E-state index in [9.17, 15) is 4.39 Å². The second kappa shape index (κ2) is 3.31. The van der Waals surface area contributed by atoms with E-state index in [2.05, 4.69) is 15.9 Å². The molecule has 0 unspecified atom stereocenters. The summed E-state index contributed by atoms with van der Waals surface area (Å²) < 4.78 is 15.8. The lowest BCUT2D eigenvalue weighted by Crippen LogP contribution is -2.05. The predicted molar refractivity (Wildman–Crippen MR) is 63.7 cm³/mol. The van der Waals surface area contributed by atoms with E-state index in [4.69, 9.17) is 0 Å². The number of alkyl halides is 1. The van der Waals surface area contributed by atoms with Gasteiger partial charge in [-0.25, -0.2) is 4.39 Å². The van der Waals surface area contributed by atoms with Gasteiger partial charge in [0.1, 0.15) is 5.67 Å². The Hall–Kier alpha value is -0.410. The molecule has 2 rings (SSSR count). The molecule has 0 fully saturated rings. The molecule has 0 atom stereocenters. The van der Waals surface area contributed by atoms with Crippen molar-refractivity contribution in [1.29, 1.82) is 0 Å². The van der Waals surface area contributed by atoms with Crippen molar-refractivity contribution in [3.8, 4) is 0 Å². The molecule has 0 aliphatic carbocycles. The third-order valence-electron chi connectivity index (χ3n) is 2.09. The first-order valence-electron chi connectivity index (χ1n) is 4.36. The fourth-order valence-electron chi connectivity index (χ4n) is 1.32. The van der Waals surface area contributed by atoms with Gasteiger partial charge in [0, 0.05) is 19.4 Å². The van der Waals surface area contributed by atoms with Crippen molar-refractivity contribution in [3.05, 3.63) is 33.6 Å². The Morgan fingerprint density at radius 1 is 1.36 bits per heavy atom. The Morgan fingerprint density at radius 3 is 2.64 bits per heavy atom. The molecule has 3 heteroatoms. The van der Waals surface area contributed by atoms with Gasteiger partial charge in [0.05, 0.1) is 0 Å². The van der Waals surface area contributed by atoms with Crippen LogP contribution in [0.25, 0.3) is 10.1 Å². The van der Waals surface area contributed by atoms with Crippen LogP contribution >= 0.6 is 27.3 Å². The summed E-state index contributed by atoms with van der Waals surface area (Å²) in [5, 5.41) is 1.10. The van der Waals surface area contributed by atoms with Gasteiger partial charge in [-0.05, 0) is 32.0 Å². The molecule has 0 aliphatic heterocycles. The van der Waals surface area contributed by atoms with Gasteiger partial charge >= 0.3 is 0 Å². The molecule has 1 heterocycles. The standard InChI is InChI=1S/C11H10BrFS/c1-11(2,13)10-6-7-8(12)4-3-5-9(7)14-10/h3-6H,1-2H3. The van der Waals surface area contributed by atoms with Gasteiger partial charge in [0.25, 0.3) is 0 Å². The molecule has 0 saturated heterocycles. The van der Waals surface area contributed by atoms with Crippen LogP contribution in [0.2, 0.25) is 0 Å². The summed E-state index contributed by atoms with van der Waals surface area (Å²) in [7, 11) is 0. The van der Waals surface area contributed by atoms with Crippen molar-refractivity contribution in [2.45, 2.75) is 19.5 Å². The minimum absolute atomic E-state index is 0.777. The van der Waals surface area contributed by atoms with Crippen molar-refractivity contribution >= 4 is 37.4 Å². The van der Waals surface area contributed by atoms with E-state index in [1.807, 2.05) is 24.3 Å². The maximum absolute atomic E-state index is 13.7. The molecular formula is C11H10BrFS. The van der Waals surface area contributed by atoms with E-state index in [1.54, 1.807) is 13.8 Å². The van der Waals surface area contributed by atoms with E-state index in [1.165, 1.54) is 11.3 Å². The molecule has 74 valence electrons. The maximum Gasteiger partial charge on any atom is 0.139 e. The average Bonchev–Trinajstić information content (AvgIpc) is 2.48. The lowest BCUT2D eigenvalue weighted by molar-refractivity contribution is 0.227. The molecular weight excluding hydrogens is 263 g/mol. The van der Waals surface area contributed by atoms with Gasteiger partial charge in [0.2, 0.25) is 0 Å². The van der Waals surface area contributed by atoms with Gasteiger partial charge in [-0.3, -0.25) is 0 Å². The van der Waals surface area contributed by atoms with Crippen LogP contribution in [0.15, 0.2) is 28.7 Å². The molecule has 0 saturated carbocycles. The summed E-state index contributed by atoms with van der Waals surface area (Å²) in [6.07, 6.45) is 0. The first-order valence-corrected chi connectivity index (χ1v) is 5.97. The number of hydrogen-bond donors (Lipinski definition) is 0. The topological polar surface area (TPSA) is 0 Å². The summed E-state index contributed by atoms with van der Waals surface area (Å²) in [6.45, 7) is 3.18. The second-order valence-electron chi connectivity index (χ2n) is 3.73. The summed E-state index contributed by atoms with van der Waals surface area (Å²) in [5.41, 5.74) is -1.25. The Kier molecular flexibility index (Phi) is 2.40. The number of halogens is 2. The molecule has 0 spiro atoms. The number of thiophene rings is 1. The minimum Gasteiger partial charge on any atom is -0.238 e. The van der Waals surface area contributed by atoms with Crippen molar-refractivity contribution < 1.29 is 4.39 Å². The van der Waals surface area contributed by atoms with Crippen LogP contribution in [-0.2, 0) is 5.67 Å². The molecule has 0 aliphatic rings. The van der Waals surface area contributed by atoms with Crippen LogP contribution in [0, 0.1) is 0 Å². The maximum atomic E-state index is 13.7. The van der Waals surface area contributed by atoms with Crippen LogP contribution in [0.3, 0.4) is 0 Å². The fraction of sp³-hybridized carbons (Fsp3) is 0.273. The highest BCUT2D eigenvalue weighted by atomic mass is 79.9. The second-order valence-corrected chi connectivity index (χ2v) is 5.67. The predicted octanol–water partition coefficient (Wildman–Crippen LogP) is 4.87. The quantitative estimate of drug-likeness (QED) is 0.695. The van der Waals surface area contributed by atoms with Gasteiger partial charge in [0.15, 0.2) is 0 Å². The zero-order valence-corrected chi connectivity index (χ0v) is 10.4. The molecule has 1 aromatic heterocycles. The molecule has 1 aromatic carbocycles. The van der Waals surface area contributed by atoms with Crippen LogP contribution in [0.1, 0.15) is 18.7 Å². The van der Waals surface area contributed by atoms with Crippen molar-refractivity contribution in [3.63, 3.8) is 0 Å². The zero-order valence-electron chi connectivity index (χ0n) is 7.97. The molecule has 0 amide bonds. The van der Waals surface area contributed by atoms with E-state index < -0.39 is 5.67 Å². The number of benzene rings is 1. The summed E-state index contributed by atoms with van der Waals surface area (Å²) in [4.78, 5) is 0.777. The monoisotopic (exact) mass is 272 g/mol. The van der Waals surface area contributed by atoms with E-state index in [-0.39, 0.29) is 0 Å². The first-order chi connectivity index (χ1) is 6.48. The third kappa shape index (κ3) is 1.71. The van der Waals surface area contributed by atoms with Crippen LogP contribution in [0.5, 0.6) is 0 Å². The highest BCUT2D eigenvalue weighted by molar-refractivity contribution is 9.10. The molecule has 2 aromatic rings. The Labute approximate surface area is 94.9 Å². The highest BCUT2D eigenvalue weighted by Crippen LogP contribution is 2.37. The first kappa shape index (κ1) is 10.1. The summed E-state index contributed by atoms with van der Waals surface area (Å²) in [5.74, 6) is 0. The van der Waals surface area contributed by atoms with Crippen molar-refractivity contribution in [1.82, 2.24) is 0 Å². The summed E-state index contributed by atoms with van der Waals surface area (Å²) >= 11 is 4.97. The molecule has 0 nitrogen and oxygen atoms in total. The number of hydrogen-bond acceptors (Lipinski definition) is 1. The van der Waals surface area contributed by atoms with Gasteiger partial charge in [-0.1, -0.05) is 22.0 Å². The van der Waals surface area contributed by atoms with Crippen LogP contribution in [-0.4, -0.2) is 0 Å². The third-order valence-corrected chi connectivity index (χ3v) is 4.18. The fourth-order valence-corrected chi connectivity index (χ4v) is 3.01.